The smallest absolute Gasteiger partial charge is 0.145 e. The average Bonchev–Trinajstić information content (AvgIpc) is 2.05. The normalized spacial score (nSPS) is 18.6. The van der Waals surface area contributed by atoms with Crippen molar-refractivity contribution in [2.45, 2.75) is 25.8 Å². The number of hydrogen-bond donors (Lipinski definition) is 0. The lowest BCUT2D eigenvalue weighted by molar-refractivity contribution is 0.108. The molecule has 14 heavy (non-hydrogen) atoms. The van der Waals surface area contributed by atoms with Crippen molar-refractivity contribution in [3.05, 3.63) is 29.8 Å². The van der Waals surface area contributed by atoms with E-state index in [1.165, 1.54) is 6.20 Å². The van der Waals surface area contributed by atoms with Crippen LogP contribution in [0.2, 0.25) is 0 Å². The van der Waals surface area contributed by atoms with Crippen molar-refractivity contribution in [3.63, 3.8) is 0 Å². The summed E-state index contributed by atoms with van der Waals surface area (Å²) in [5, 5.41) is 0. The lowest BCUT2D eigenvalue weighted by atomic mass is 9.91. The van der Waals surface area contributed by atoms with Gasteiger partial charge in [-0.15, -0.1) is 0 Å². The van der Waals surface area contributed by atoms with Gasteiger partial charge >= 0.3 is 0 Å². The Morgan fingerprint density at radius 3 is 2.79 bits per heavy atom. The van der Waals surface area contributed by atoms with Gasteiger partial charge in [0.05, 0.1) is 6.20 Å². The molecule has 1 fully saturated rings. The van der Waals surface area contributed by atoms with Gasteiger partial charge in [0.2, 0.25) is 0 Å². The number of likely N-dealkylation sites (tertiary alicyclic amines) is 1. The van der Waals surface area contributed by atoms with Crippen molar-refractivity contribution in [1.82, 2.24) is 9.88 Å². The monoisotopic (exact) mass is 194 g/mol. The third kappa shape index (κ3) is 1.64. The number of halogens is 1. The Morgan fingerprint density at radius 1 is 1.50 bits per heavy atom. The maximum absolute atomic E-state index is 13.3. The van der Waals surface area contributed by atoms with Gasteiger partial charge in [-0.1, -0.05) is 0 Å². The molecule has 1 aromatic rings. The van der Waals surface area contributed by atoms with Crippen LogP contribution in [0, 0.1) is 5.82 Å². The third-order valence-corrected chi connectivity index (χ3v) is 2.88. The SMILES string of the molecule is CC(C)N1CC(c2ccncc2F)C1. The Labute approximate surface area is 83.8 Å². The predicted molar refractivity (Wildman–Crippen MR) is 53.6 cm³/mol. The van der Waals surface area contributed by atoms with E-state index < -0.39 is 0 Å². The molecule has 0 saturated carbocycles. The van der Waals surface area contributed by atoms with Crippen LogP contribution < -0.4 is 0 Å². The fourth-order valence-electron chi connectivity index (χ4n) is 1.85. The largest absolute Gasteiger partial charge is 0.300 e. The van der Waals surface area contributed by atoms with Crippen molar-refractivity contribution in [3.8, 4) is 0 Å². The van der Waals surface area contributed by atoms with Crippen LogP contribution in [-0.2, 0) is 0 Å². The van der Waals surface area contributed by atoms with Crippen LogP contribution in [0.1, 0.15) is 25.3 Å². The van der Waals surface area contributed by atoms with E-state index in [4.69, 9.17) is 0 Å². The molecule has 2 rings (SSSR count). The van der Waals surface area contributed by atoms with Crippen molar-refractivity contribution >= 4 is 0 Å². The fourth-order valence-corrected chi connectivity index (χ4v) is 1.85. The Balaban J connectivity index is 2.03. The van der Waals surface area contributed by atoms with Crippen molar-refractivity contribution in [2.75, 3.05) is 13.1 Å². The average molecular weight is 194 g/mol. The van der Waals surface area contributed by atoms with Crippen LogP contribution >= 0.6 is 0 Å². The van der Waals surface area contributed by atoms with Gasteiger partial charge in [-0.2, -0.15) is 0 Å². The zero-order valence-electron chi connectivity index (χ0n) is 8.57. The molecule has 2 heterocycles. The van der Waals surface area contributed by atoms with E-state index in [0.29, 0.717) is 12.0 Å². The van der Waals surface area contributed by atoms with Gasteiger partial charge in [0, 0.05) is 31.2 Å². The highest BCUT2D eigenvalue weighted by Gasteiger charge is 2.31. The molecule has 3 heteroatoms. The molecule has 1 saturated heterocycles. The van der Waals surface area contributed by atoms with Gasteiger partial charge in [0.25, 0.3) is 0 Å². The van der Waals surface area contributed by atoms with Gasteiger partial charge in [-0.05, 0) is 25.5 Å². The van der Waals surface area contributed by atoms with Crippen LogP contribution in [-0.4, -0.2) is 29.0 Å². The standard InChI is InChI=1S/C11H15FN2/c1-8(2)14-6-9(7-14)10-3-4-13-5-11(10)12/h3-5,8-9H,6-7H2,1-2H3. The van der Waals surface area contributed by atoms with Gasteiger partial charge < -0.3 is 0 Å². The van der Waals surface area contributed by atoms with Crippen LogP contribution in [0.15, 0.2) is 18.5 Å². The number of pyridine rings is 1. The molecular weight excluding hydrogens is 179 g/mol. The minimum Gasteiger partial charge on any atom is -0.300 e. The van der Waals surface area contributed by atoms with E-state index in [1.54, 1.807) is 12.3 Å². The minimum absolute atomic E-state index is 0.166. The molecule has 0 aliphatic carbocycles. The lowest BCUT2D eigenvalue weighted by Gasteiger charge is -2.42. The van der Waals surface area contributed by atoms with E-state index >= 15 is 0 Å². The molecule has 0 bridgehead atoms. The number of rotatable bonds is 2. The second-order valence-corrected chi connectivity index (χ2v) is 4.14. The Bertz CT molecular complexity index is 319. The summed E-state index contributed by atoms with van der Waals surface area (Å²) in [5.74, 6) is 0.196. The molecule has 1 aromatic heterocycles. The maximum atomic E-state index is 13.3. The zero-order chi connectivity index (χ0) is 10.1. The van der Waals surface area contributed by atoms with E-state index in [-0.39, 0.29) is 5.82 Å². The first-order chi connectivity index (χ1) is 6.68. The van der Waals surface area contributed by atoms with E-state index in [2.05, 4.69) is 23.7 Å². The summed E-state index contributed by atoms with van der Waals surface area (Å²) in [4.78, 5) is 6.09. The minimum atomic E-state index is -0.166. The molecule has 0 atom stereocenters. The van der Waals surface area contributed by atoms with Gasteiger partial charge in [-0.25, -0.2) is 4.39 Å². The highest BCUT2D eigenvalue weighted by molar-refractivity contribution is 5.21. The summed E-state index contributed by atoms with van der Waals surface area (Å²) in [6.07, 6.45) is 2.96. The second-order valence-electron chi connectivity index (χ2n) is 4.14. The summed E-state index contributed by atoms with van der Waals surface area (Å²) in [5.41, 5.74) is 0.817. The van der Waals surface area contributed by atoms with E-state index in [0.717, 1.165) is 18.7 Å². The van der Waals surface area contributed by atoms with Crippen molar-refractivity contribution in [1.29, 1.82) is 0 Å². The topological polar surface area (TPSA) is 16.1 Å². The van der Waals surface area contributed by atoms with E-state index in [1.807, 2.05) is 0 Å². The molecule has 0 radical (unpaired) electrons. The number of aromatic nitrogens is 1. The first-order valence-electron chi connectivity index (χ1n) is 5.02. The zero-order valence-corrected chi connectivity index (χ0v) is 8.57. The molecule has 0 N–H and O–H groups in total. The van der Waals surface area contributed by atoms with E-state index in [9.17, 15) is 4.39 Å². The molecule has 2 nitrogen and oxygen atoms in total. The number of nitrogens with zero attached hydrogens (tertiary/aromatic N) is 2. The first kappa shape index (κ1) is 9.59. The quantitative estimate of drug-likeness (QED) is 0.716. The Kier molecular flexibility index (Phi) is 2.50. The molecular formula is C11H15FN2. The first-order valence-corrected chi connectivity index (χ1v) is 5.02. The van der Waals surface area contributed by atoms with Crippen LogP contribution in [0.4, 0.5) is 4.39 Å². The molecule has 0 unspecified atom stereocenters. The summed E-state index contributed by atoms with van der Waals surface area (Å²) < 4.78 is 13.3. The molecule has 76 valence electrons. The van der Waals surface area contributed by atoms with Crippen molar-refractivity contribution in [2.24, 2.45) is 0 Å². The molecule has 0 amide bonds. The molecule has 1 aliphatic rings. The highest BCUT2D eigenvalue weighted by atomic mass is 19.1. The van der Waals surface area contributed by atoms with Gasteiger partial charge in [-0.3, -0.25) is 9.88 Å². The molecule has 0 aromatic carbocycles. The second kappa shape index (κ2) is 3.65. The molecule has 0 spiro atoms. The van der Waals surface area contributed by atoms with Gasteiger partial charge in [0.1, 0.15) is 5.82 Å². The van der Waals surface area contributed by atoms with Gasteiger partial charge in [0.15, 0.2) is 0 Å². The van der Waals surface area contributed by atoms with Crippen molar-refractivity contribution < 1.29 is 4.39 Å². The maximum Gasteiger partial charge on any atom is 0.145 e. The Morgan fingerprint density at radius 2 is 2.21 bits per heavy atom. The summed E-state index contributed by atoms with van der Waals surface area (Å²) in [7, 11) is 0. The summed E-state index contributed by atoms with van der Waals surface area (Å²) in [6.45, 7) is 6.27. The Hall–Kier alpha value is -0.960. The summed E-state index contributed by atoms with van der Waals surface area (Å²) in [6, 6.07) is 2.36. The lowest BCUT2D eigenvalue weighted by Crippen LogP contribution is -2.48. The fraction of sp³-hybridized carbons (Fsp3) is 0.545. The predicted octanol–water partition coefficient (Wildman–Crippen LogP) is 2.03. The third-order valence-electron chi connectivity index (χ3n) is 2.88. The van der Waals surface area contributed by atoms with Crippen LogP contribution in [0.3, 0.4) is 0 Å². The highest BCUT2D eigenvalue weighted by Crippen LogP contribution is 2.29. The summed E-state index contributed by atoms with van der Waals surface area (Å²) >= 11 is 0. The molecule has 1 aliphatic heterocycles. The van der Waals surface area contributed by atoms with Crippen LogP contribution in [0.5, 0.6) is 0 Å². The van der Waals surface area contributed by atoms with Crippen LogP contribution in [0.25, 0.3) is 0 Å². The number of hydrogen-bond acceptors (Lipinski definition) is 2.